The number of amides is 1. The third kappa shape index (κ3) is 4.03. The predicted molar refractivity (Wildman–Crippen MR) is 115 cm³/mol. The summed E-state index contributed by atoms with van der Waals surface area (Å²) in [4.78, 5) is 20.9. The number of nitrogens with one attached hydrogen (secondary N) is 2. The molecule has 4 heterocycles. The van der Waals surface area contributed by atoms with Crippen molar-refractivity contribution in [3.63, 3.8) is 0 Å². The van der Waals surface area contributed by atoms with Crippen LogP contribution in [0, 0.1) is 11.8 Å². The van der Waals surface area contributed by atoms with E-state index in [9.17, 15) is 13.6 Å². The van der Waals surface area contributed by atoms with E-state index in [-0.39, 0.29) is 28.8 Å². The van der Waals surface area contributed by atoms with Crippen LogP contribution in [0.2, 0.25) is 0 Å². The largest absolute Gasteiger partial charge is 0.317 e. The Bertz CT molecular complexity index is 1250. The Balaban J connectivity index is 1.48. The molecule has 1 amide bonds. The molecular weight excluding hydrogens is 436 g/mol. The molecule has 1 aliphatic carbocycles. The summed E-state index contributed by atoms with van der Waals surface area (Å²) in [6.45, 7) is 0. The first-order chi connectivity index (χ1) is 15.6. The Kier molecular flexibility index (Phi) is 5.48. The topological polar surface area (TPSA) is 101 Å². The fourth-order valence-electron chi connectivity index (χ4n) is 3.84. The number of hydrogen-bond acceptors (Lipinski definition) is 6. The SMILES string of the molecule is O=C(Nc1cn(C2CCCCC2)nc1-c1nc(F)ccc1F)c1csc(-c2cn[nH]c2)n1. The Hall–Kier alpha value is -3.47. The molecule has 4 aromatic rings. The summed E-state index contributed by atoms with van der Waals surface area (Å²) >= 11 is 1.30. The van der Waals surface area contributed by atoms with E-state index in [1.807, 2.05) is 0 Å². The van der Waals surface area contributed by atoms with Gasteiger partial charge < -0.3 is 5.32 Å². The average molecular weight is 455 g/mol. The molecule has 1 aliphatic rings. The summed E-state index contributed by atoms with van der Waals surface area (Å²) in [5, 5.41) is 16.1. The minimum atomic E-state index is -0.824. The van der Waals surface area contributed by atoms with Gasteiger partial charge in [-0.25, -0.2) is 14.4 Å². The van der Waals surface area contributed by atoms with Crippen molar-refractivity contribution in [2.24, 2.45) is 0 Å². The van der Waals surface area contributed by atoms with Crippen molar-refractivity contribution in [2.75, 3.05) is 5.32 Å². The number of halogens is 2. The highest BCUT2D eigenvalue weighted by Crippen LogP contribution is 2.33. The molecule has 0 aromatic carbocycles. The van der Waals surface area contributed by atoms with Crippen molar-refractivity contribution in [3.05, 3.63) is 53.6 Å². The van der Waals surface area contributed by atoms with Gasteiger partial charge in [0.15, 0.2) is 5.82 Å². The van der Waals surface area contributed by atoms with Gasteiger partial charge in [-0.2, -0.15) is 14.6 Å². The zero-order valence-electron chi connectivity index (χ0n) is 16.9. The van der Waals surface area contributed by atoms with Gasteiger partial charge in [0.2, 0.25) is 5.95 Å². The lowest BCUT2D eigenvalue weighted by Gasteiger charge is -2.21. The van der Waals surface area contributed by atoms with Crippen molar-refractivity contribution in [1.82, 2.24) is 29.9 Å². The quantitative estimate of drug-likeness (QED) is 0.420. The van der Waals surface area contributed by atoms with Crippen LogP contribution in [0.25, 0.3) is 22.0 Å². The van der Waals surface area contributed by atoms with Gasteiger partial charge in [0.1, 0.15) is 22.1 Å². The van der Waals surface area contributed by atoms with Crippen molar-refractivity contribution in [2.45, 2.75) is 38.1 Å². The number of carbonyl (C=O) groups is 1. The number of pyridine rings is 1. The zero-order valence-corrected chi connectivity index (χ0v) is 17.7. The van der Waals surface area contributed by atoms with Gasteiger partial charge in [-0.1, -0.05) is 19.3 Å². The second kappa shape index (κ2) is 8.58. The molecule has 11 heteroatoms. The monoisotopic (exact) mass is 455 g/mol. The van der Waals surface area contributed by atoms with E-state index < -0.39 is 17.7 Å². The van der Waals surface area contributed by atoms with Crippen LogP contribution >= 0.6 is 11.3 Å². The summed E-state index contributed by atoms with van der Waals surface area (Å²) in [7, 11) is 0. The Morgan fingerprint density at radius 3 is 2.78 bits per heavy atom. The van der Waals surface area contributed by atoms with E-state index >= 15 is 0 Å². The summed E-state index contributed by atoms with van der Waals surface area (Å²) in [5.74, 6) is -2.01. The van der Waals surface area contributed by atoms with Crippen molar-refractivity contribution >= 4 is 22.9 Å². The average Bonchev–Trinajstić information content (AvgIpc) is 3.56. The fraction of sp³-hybridized carbons (Fsp3) is 0.286. The normalized spacial score (nSPS) is 14.6. The van der Waals surface area contributed by atoms with Crippen LogP contribution in [0.15, 0.2) is 36.1 Å². The van der Waals surface area contributed by atoms with Crippen molar-refractivity contribution in [1.29, 1.82) is 0 Å². The molecule has 0 atom stereocenters. The number of rotatable bonds is 5. The summed E-state index contributed by atoms with van der Waals surface area (Å²) in [5.41, 5.74) is 1.08. The molecule has 32 heavy (non-hydrogen) atoms. The number of hydrogen-bond donors (Lipinski definition) is 2. The maximum atomic E-state index is 14.5. The Morgan fingerprint density at radius 1 is 1.16 bits per heavy atom. The van der Waals surface area contributed by atoms with Crippen LogP contribution in [0.4, 0.5) is 14.5 Å². The van der Waals surface area contributed by atoms with Crippen LogP contribution in [-0.2, 0) is 0 Å². The third-order valence-electron chi connectivity index (χ3n) is 5.45. The molecule has 2 N–H and O–H groups in total. The van der Waals surface area contributed by atoms with Crippen LogP contribution in [0.3, 0.4) is 0 Å². The molecule has 8 nitrogen and oxygen atoms in total. The molecule has 1 saturated carbocycles. The third-order valence-corrected chi connectivity index (χ3v) is 6.34. The van der Waals surface area contributed by atoms with Gasteiger partial charge >= 0.3 is 0 Å². The van der Waals surface area contributed by atoms with E-state index in [2.05, 4.69) is 30.6 Å². The van der Waals surface area contributed by atoms with Gasteiger partial charge in [-0.15, -0.1) is 11.3 Å². The smallest absolute Gasteiger partial charge is 0.275 e. The minimum absolute atomic E-state index is 0.0891. The van der Waals surface area contributed by atoms with Gasteiger partial charge in [0.25, 0.3) is 5.91 Å². The molecule has 0 aliphatic heterocycles. The molecular formula is C21H19F2N7OS. The molecule has 0 unspecified atom stereocenters. The van der Waals surface area contributed by atoms with E-state index in [4.69, 9.17) is 0 Å². The van der Waals surface area contributed by atoms with Crippen molar-refractivity contribution in [3.8, 4) is 22.0 Å². The maximum Gasteiger partial charge on any atom is 0.275 e. The highest BCUT2D eigenvalue weighted by Gasteiger charge is 2.24. The number of aromatic amines is 1. The van der Waals surface area contributed by atoms with Gasteiger partial charge in [-0.05, 0) is 25.0 Å². The van der Waals surface area contributed by atoms with Crippen LogP contribution in [-0.4, -0.2) is 35.9 Å². The molecule has 0 radical (unpaired) electrons. The first-order valence-electron chi connectivity index (χ1n) is 10.3. The Morgan fingerprint density at radius 2 is 2.00 bits per heavy atom. The number of aromatic nitrogens is 6. The molecule has 0 saturated heterocycles. The standard InChI is InChI=1S/C21H19F2N7OS/c22-14-6-7-17(23)28-18(14)19-15(10-30(29-19)13-4-2-1-3-5-13)26-20(31)16-11-32-21(27-16)12-8-24-25-9-12/h6-11,13H,1-5H2,(H,24,25)(H,26,31). The van der Waals surface area contributed by atoms with Gasteiger partial charge in [0.05, 0.1) is 17.9 Å². The number of H-pyrrole nitrogens is 1. The zero-order chi connectivity index (χ0) is 22.1. The lowest BCUT2D eigenvalue weighted by atomic mass is 9.96. The molecule has 4 aromatic heterocycles. The first kappa shape index (κ1) is 20.4. The second-order valence-corrected chi connectivity index (χ2v) is 8.46. The number of nitrogens with zero attached hydrogens (tertiary/aromatic N) is 5. The van der Waals surface area contributed by atoms with E-state index in [0.29, 0.717) is 5.01 Å². The summed E-state index contributed by atoms with van der Waals surface area (Å²) in [6.07, 6.45) is 10.2. The van der Waals surface area contributed by atoms with Crippen LogP contribution in [0.5, 0.6) is 0 Å². The van der Waals surface area contributed by atoms with Crippen molar-refractivity contribution < 1.29 is 13.6 Å². The van der Waals surface area contributed by atoms with E-state index in [1.54, 1.807) is 28.7 Å². The summed E-state index contributed by atoms with van der Waals surface area (Å²) < 4.78 is 30.0. The Labute approximate surface area is 185 Å². The molecule has 0 bridgehead atoms. The van der Waals surface area contributed by atoms with E-state index in [1.165, 1.54) is 11.3 Å². The van der Waals surface area contributed by atoms with Crippen LogP contribution in [0.1, 0.15) is 48.6 Å². The molecule has 1 fully saturated rings. The minimum Gasteiger partial charge on any atom is -0.317 e. The van der Waals surface area contributed by atoms with E-state index in [0.717, 1.165) is 49.8 Å². The number of thiazole rings is 1. The maximum absolute atomic E-state index is 14.5. The number of anilines is 1. The lowest BCUT2D eigenvalue weighted by Crippen LogP contribution is -2.14. The molecule has 0 spiro atoms. The fourth-order valence-corrected chi connectivity index (χ4v) is 4.62. The lowest BCUT2D eigenvalue weighted by molar-refractivity contribution is 0.102. The summed E-state index contributed by atoms with van der Waals surface area (Å²) in [6, 6.07) is 2.08. The highest BCUT2D eigenvalue weighted by molar-refractivity contribution is 7.13. The second-order valence-electron chi connectivity index (χ2n) is 7.61. The molecule has 5 rings (SSSR count). The van der Waals surface area contributed by atoms with Crippen LogP contribution < -0.4 is 5.32 Å². The highest BCUT2D eigenvalue weighted by atomic mass is 32.1. The number of carbonyl (C=O) groups excluding carboxylic acids is 1. The van der Waals surface area contributed by atoms with Gasteiger partial charge in [-0.3, -0.25) is 14.6 Å². The molecule has 164 valence electrons. The van der Waals surface area contributed by atoms with Gasteiger partial charge in [0, 0.05) is 23.3 Å². The predicted octanol–water partition coefficient (Wildman–Crippen LogP) is 4.83. The first-order valence-corrected chi connectivity index (χ1v) is 11.1.